The Balaban J connectivity index is 1.40. The lowest BCUT2D eigenvalue weighted by atomic mass is 9.92. The molecular weight excluding hydrogens is 444 g/mol. The van der Waals surface area contributed by atoms with Gasteiger partial charge in [-0.05, 0) is 51.7 Å². The number of amides is 1. The minimum atomic E-state index is -0.441. The van der Waals surface area contributed by atoms with Gasteiger partial charge >= 0.3 is 0 Å². The van der Waals surface area contributed by atoms with Crippen LogP contribution < -0.4 is 10.6 Å². The van der Waals surface area contributed by atoms with Crippen molar-refractivity contribution < 1.29 is 9.90 Å². The second kappa shape index (κ2) is 9.15. The number of carbonyl (C=O) groups is 1. The Morgan fingerprint density at radius 2 is 2.00 bits per heavy atom. The Morgan fingerprint density at radius 1 is 1.17 bits per heavy atom. The van der Waals surface area contributed by atoms with Gasteiger partial charge in [0.15, 0.2) is 11.3 Å². The molecule has 0 radical (unpaired) electrons. The highest BCUT2D eigenvalue weighted by molar-refractivity contribution is 5.95. The number of hydrogen-bond donors (Lipinski definition) is 3. The molecule has 0 unspecified atom stereocenters. The third kappa shape index (κ3) is 4.51. The highest BCUT2D eigenvalue weighted by atomic mass is 16.3. The monoisotopic (exact) mass is 474 g/mol. The van der Waals surface area contributed by atoms with Crippen molar-refractivity contribution in [2.24, 2.45) is 0 Å². The van der Waals surface area contributed by atoms with Gasteiger partial charge in [-0.25, -0.2) is 9.97 Å². The summed E-state index contributed by atoms with van der Waals surface area (Å²) in [6, 6.07) is 7.35. The maximum Gasteiger partial charge on any atom is 0.255 e. The van der Waals surface area contributed by atoms with E-state index in [1.165, 1.54) is 10.7 Å². The van der Waals surface area contributed by atoms with E-state index in [0.29, 0.717) is 34.2 Å². The van der Waals surface area contributed by atoms with Crippen LogP contribution in [0, 0.1) is 11.3 Å². The zero-order valence-electron chi connectivity index (χ0n) is 20.0. The summed E-state index contributed by atoms with van der Waals surface area (Å²) in [7, 11) is 0. The van der Waals surface area contributed by atoms with E-state index in [1.807, 2.05) is 4.90 Å². The lowest BCUT2D eigenvalue weighted by molar-refractivity contribution is 0.0651. The van der Waals surface area contributed by atoms with Gasteiger partial charge in [0.2, 0.25) is 0 Å². The summed E-state index contributed by atoms with van der Waals surface area (Å²) in [4.78, 5) is 23.7. The van der Waals surface area contributed by atoms with Crippen molar-refractivity contribution in [3.05, 3.63) is 41.9 Å². The molecule has 0 aromatic carbocycles. The van der Waals surface area contributed by atoms with E-state index in [-0.39, 0.29) is 17.5 Å². The van der Waals surface area contributed by atoms with Crippen LogP contribution in [0.25, 0.3) is 5.65 Å². The SMILES string of the molecule is CC1(C)CCCN1C(=O)c1ccc(Nc2cc(N[C@@H]3CCCC[C@H]3O)nn3c(C#N)cnc23)nc1. The normalized spacial score (nSPS) is 21.6. The maximum atomic E-state index is 13.0. The molecule has 1 amide bonds. The van der Waals surface area contributed by atoms with Gasteiger partial charge in [0.25, 0.3) is 5.91 Å². The molecule has 1 aliphatic carbocycles. The fraction of sp³-hybridized carbons (Fsp3) is 0.480. The minimum Gasteiger partial charge on any atom is -0.391 e. The maximum absolute atomic E-state index is 13.0. The minimum absolute atomic E-state index is 0.0118. The second-order valence-electron chi connectivity index (χ2n) is 9.97. The fourth-order valence-electron chi connectivity index (χ4n) is 5.05. The number of aromatic nitrogens is 4. The number of carbonyl (C=O) groups excluding carboxylic acids is 1. The molecule has 3 aromatic rings. The molecule has 4 heterocycles. The number of likely N-dealkylation sites (tertiary alicyclic amines) is 1. The van der Waals surface area contributed by atoms with Crippen molar-refractivity contribution in [2.75, 3.05) is 17.2 Å². The average Bonchev–Trinajstić information content (AvgIpc) is 3.43. The van der Waals surface area contributed by atoms with Crippen molar-refractivity contribution in [1.82, 2.24) is 24.5 Å². The highest BCUT2D eigenvalue weighted by Gasteiger charge is 2.35. The molecule has 5 rings (SSSR count). The Bertz CT molecular complexity index is 1280. The van der Waals surface area contributed by atoms with E-state index in [1.54, 1.807) is 24.4 Å². The van der Waals surface area contributed by atoms with Gasteiger partial charge in [-0.1, -0.05) is 12.8 Å². The predicted octanol–water partition coefficient (Wildman–Crippen LogP) is 3.47. The molecule has 10 nitrogen and oxygen atoms in total. The largest absolute Gasteiger partial charge is 0.391 e. The number of nitriles is 1. The van der Waals surface area contributed by atoms with E-state index < -0.39 is 6.10 Å². The summed E-state index contributed by atoms with van der Waals surface area (Å²) >= 11 is 0. The van der Waals surface area contributed by atoms with Crippen LogP contribution >= 0.6 is 0 Å². The van der Waals surface area contributed by atoms with Crippen molar-refractivity contribution >= 4 is 28.9 Å². The molecule has 10 heteroatoms. The number of aliphatic hydroxyl groups is 1. The number of anilines is 3. The molecule has 0 spiro atoms. The molecule has 0 bridgehead atoms. The zero-order valence-corrected chi connectivity index (χ0v) is 20.0. The Hall–Kier alpha value is -3.71. The number of nitrogens with one attached hydrogen (secondary N) is 2. The zero-order chi connectivity index (χ0) is 24.6. The molecule has 3 aromatic heterocycles. The van der Waals surface area contributed by atoms with Gasteiger partial charge in [0.1, 0.15) is 17.7 Å². The Morgan fingerprint density at radius 3 is 2.69 bits per heavy atom. The van der Waals surface area contributed by atoms with Crippen LogP contribution in [-0.4, -0.2) is 59.7 Å². The predicted molar refractivity (Wildman–Crippen MR) is 131 cm³/mol. The van der Waals surface area contributed by atoms with Crippen LogP contribution in [-0.2, 0) is 0 Å². The first-order chi connectivity index (χ1) is 16.9. The number of aliphatic hydroxyl groups excluding tert-OH is 1. The molecule has 3 N–H and O–H groups in total. The van der Waals surface area contributed by atoms with Crippen LogP contribution in [0.4, 0.5) is 17.3 Å². The first-order valence-electron chi connectivity index (χ1n) is 12.1. The lowest BCUT2D eigenvalue weighted by Gasteiger charge is -2.31. The van der Waals surface area contributed by atoms with Crippen LogP contribution in [0.5, 0.6) is 0 Å². The first-order valence-corrected chi connectivity index (χ1v) is 12.1. The van der Waals surface area contributed by atoms with Crippen LogP contribution in [0.15, 0.2) is 30.6 Å². The van der Waals surface area contributed by atoms with Crippen LogP contribution in [0.1, 0.15) is 68.4 Å². The number of nitrogens with zero attached hydrogens (tertiary/aromatic N) is 6. The summed E-state index contributed by atoms with van der Waals surface area (Å²) < 4.78 is 1.48. The smallest absolute Gasteiger partial charge is 0.255 e. The summed E-state index contributed by atoms with van der Waals surface area (Å²) in [5.41, 5.74) is 1.80. The van der Waals surface area contributed by atoms with E-state index in [2.05, 4.69) is 45.6 Å². The summed E-state index contributed by atoms with van der Waals surface area (Å²) in [6.45, 7) is 4.94. The molecule has 182 valence electrons. The van der Waals surface area contributed by atoms with Gasteiger partial charge in [0, 0.05) is 24.3 Å². The molecular formula is C25H30N8O2. The molecule has 2 atom stereocenters. The number of fused-ring (bicyclic) bond motifs is 1. The molecule has 2 fully saturated rings. The fourth-order valence-corrected chi connectivity index (χ4v) is 5.05. The Kier molecular flexibility index (Phi) is 6.03. The topological polar surface area (TPSA) is 131 Å². The average molecular weight is 475 g/mol. The molecule has 35 heavy (non-hydrogen) atoms. The Labute approximate surface area is 204 Å². The number of pyridine rings is 1. The van der Waals surface area contributed by atoms with Crippen molar-refractivity contribution in [3.8, 4) is 6.07 Å². The number of hydrogen-bond acceptors (Lipinski definition) is 8. The van der Waals surface area contributed by atoms with Gasteiger partial charge < -0.3 is 20.6 Å². The van der Waals surface area contributed by atoms with Crippen molar-refractivity contribution in [3.63, 3.8) is 0 Å². The van der Waals surface area contributed by atoms with Gasteiger partial charge in [-0.3, -0.25) is 4.79 Å². The number of rotatable bonds is 5. The van der Waals surface area contributed by atoms with Crippen LogP contribution in [0.3, 0.4) is 0 Å². The summed E-state index contributed by atoms with van der Waals surface area (Å²) in [5, 5.41) is 31.0. The van der Waals surface area contributed by atoms with E-state index in [9.17, 15) is 15.2 Å². The van der Waals surface area contributed by atoms with E-state index in [4.69, 9.17) is 0 Å². The second-order valence-corrected chi connectivity index (χ2v) is 9.97. The first kappa shape index (κ1) is 23.1. The number of imidazole rings is 1. The molecule has 2 aliphatic rings. The summed E-state index contributed by atoms with van der Waals surface area (Å²) in [5.74, 6) is 1.06. The van der Waals surface area contributed by atoms with Gasteiger partial charge in [-0.2, -0.15) is 9.78 Å². The molecule has 1 aliphatic heterocycles. The third-order valence-corrected chi connectivity index (χ3v) is 7.06. The quantitative estimate of drug-likeness (QED) is 0.512. The van der Waals surface area contributed by atoms with Gasteiger partial charge in [0.05, 0.1) is 29.6 Å². The highest BCUT2D eigenvalue weighted by Crippen LogP contribution is 2.30. The van der Waals surface area contributed by atoms with Gasteiger partial charge in [-0.15, -0.1) is 5.10 Å². The van der Waals surface area contributed by atoms with Crippen molar-refractivity contribution in [1.29, 1.82) is 5.26 Å². The van der Waals surface area contributed by atoms with E-state index in [0.717, 1.165) is 45.1 Å². The van der Waals surface area contributed by atoms with Crippen molar-refractivity contribution in [2.45, 2.75) is 70.1 Å². The van der Waals surface area contributed by atoms with Crippen LogP contribution in [0.2, 0.25) is 0 Å². The molecule has 1 saturated heterocycles. The summed E-state index contributed by atoms with van der Waals surface area (Å²) in [6.07, 6.45) is 8.27. The van der Waals surface area contributed by atoms with E-state index >= 15 is 0 Å². The third-order valence-electron chi connectivity index (χ3n) is 7.06. The molecule has 1 saturated carbocycles. The lowest BCUT2D eigenvalue weighted by Crippen LogP contribution is -2.42. The standard InChI is InChI=1S/C25H30N8O2/c1-25(2)10-5-11-32(25)24(35)16-8-9-21(27-14-16)30-19-12-22(29-18-6-3-4-7-20(18)34)31-33-17(13-26)15-28-23(19)33/h8-9,12,14-15,18,20,34H,3-7,10-11H2,1-2H3,(H,27,30)(H,29,31)/t18-,20-/m1/s1.